The van der Waals surface area contributed by atoms with Crippen LogP contribution in [0.15, 0.2) is 48.5 Å². The van der Waals surface area contributed by atoms with E-state index in [0.29, 0.717) is 16.9 Å². The minimum atomic E-state index is -0.839. The van der Waals surface area contributed by atoms with E-state index in [9.17, 15) is 14.4 Å². The predicted octanol–water partition coefficient (Wildman–Crippen LogP) is 3.78. The van der Waals surface area contributed by atoms with Gasteiger partial charge < -0.3 is 26.0 Å². The van der Waals surface area contributed by atoms with Crippen LogP contribution in [0.25, 0.3) is 0 Å². The highest BCUT2D eigenvalue weighted by Gasteiger charge is 2.26. The van der Waals surface area contributed by atoms with Gasteiger partial charge in [-0.2, -0.15) is 0 Å². The molecule has 3 amide bonds. The summed E-state index contributed by atoms with van der Waals surface area (Å²) < 4.78 is 5.25. The van der Waals surface area contributed by atoms with Gasteiger partial charge in [0.2, 0.25) is 5.91 Å². The van der Waals surface area contributed by atoms with Gasteiger partial charge in [-0.05, 0) is 48.9 Å². The smallest absolute Gasteiger partial charge is 0.408 e. The number of amides is 3. The molecule has 1 saturated heterocycles. The van der Waals surface area contributed by atoms with E-state index < -0.39 is 18.0 Å². The predicted molar refractivity (Wildman–Crippen MR) is 128 cm³/mol. The van der Waals surface area contributed by atoms with E-state index in [1.165, 1.54) is 0 Å². The van der Waals surface area contributed by atoms with E-state index in [4.69, 9.17) is 10.5 Å². The average molecular weight is 453 g/mol. The lowest BCUT2D eigenvalue weighted by molar-refractivity contribution is -0.119. The molecule has 1 heterocycles. The van der Waals surface area contributed by atoms with Crippen LogP contribution in [0, 0.1) is 5.92 Å². The molecule has 1 fully saturated rings. The number of nitrogens with one attached hydrogen (secondary N) is 2. The van der Waals surface area contributed by atoms with Crippen molar-refractivity contribution < 1.29 is 19.1 Å². The summed E-state index contributed by atoms with van der Waals surface area (Å²) in [6.07, 6.45) is 2.43. The molecule has 3 rings (SSSR count). The summed E-state index contributed by atoms with van der Waals surface area (Å²) in [4.78, 5) is 39.9. The first-order valence-corrected chi connectivity index (χ1v) is 11.3. The molecule has 2 aromatic carbocycles. The fourth-order valence-corrected chi connectivity index (χ4v) is 3.71. The van der Waals surface area contributed by atoms with Crippen LogP contribution >= 0.6 is 0 Å². The molecule has 0 aromatic heterocycles. The van der Waals surface area contributed by atoms with Gasteiger partial charge in [-0.25, -0.2) is 4.79 Å². The number of benzene rings is 2. The Morgan fingerprint density at radius 1 is 1.03 bits per heavy atom. The average Bonchev–Trinajstić information content (AvgIpc) is 2.83. The number of anilines is 2. The number of nitrogen functional groups attached to an aromatic ring is 1. The highest BCUT2D eigenvalue weighted by molar-refractivity contribution is 6.01. The van der Waals surface area contributed by atoms with Crippen molar-refractivity contribution in [2.75, 3.05) is 24.1 Å². The maximum Gasteiger partial charge on any atom is 0.408 e. The van der Waals surface area contributed by atoms with Crippen LogP contribution in [0.4, 0.5) is 16.2 Å². The third-order valence-corrected chi connectivity index (χ3v) is 5.64. The molecule has 0 aliphatic carbocycles. The molecule has 2 aromatic rings. The fourth-order valence-electron chi connectivity index (χ4n) is 3.71. The number of hydrogen-bond donors (Lipinski definition) is 3. The van der Waals surface area contributed by atoms with Crippen molar-refractivity contribution in [3.63, 3.8) is 0 Å². The van der Waals surface area contributed by atoms with E-state index in [-0.39, 0.29) is 18.4 Å². The first-order valence-electron chi connectivity index (χ1n) is 11.3. The Hall–Kier alpha value is -3.55. The summed E-state index contributed by atoms with van der Waals surface area (Å²) in [5.74, 6) is -0.710. The normalized spacial score (nSPS) is 14.5. The molecule has 176 valence electrons. The summed E-state index contributed by atoms with van der Waals surface area (Å²) in [5, 5.41) is 5.39. The Labute approximate surface area is 194 Å². The number of likely N-dealkylation sites (tertiary alicyclic amines) is 1. The Morgan fingerprint density at radius 2 is 1.73 bits per heavy atom. The first kappa shape index (κ1) is 24.1. The monoisotopic (exact) mass is 452 g/mol. The van der Waals surface area contributed by atoms with Crippen molar-refractivity contribution in [3.8, 4) is 0 Å². The number of nitrogens with two attached hydrogens (primary N) is 1. The number of ether oxygens (including phenoxy) is 1. The van der Waals surface area contributed by atoms with Crippen LogP contribution in [0.1, 0.15) is 49.0 Å². The molecule has 4 N–H and O–H groups in total. The highest BCUT2D eigenvalue weighted by atomic mass is 16.5. The minimum Gasteiger partial charge on any atom is -0.445 e. The maximum atomic E-state index is 13.0. The zero-order valence-electron chi connectivity index (χ0n) is 19.2. The van der Waals surface area contributed by atoms with Gasteiger partial charge in [-0.1, -0.05) is 44.2 Å². The van der Waals surface area contributed by atoms with Gasteiger partial charge in [0.05, 0.1) is 11.4 Å². The quantitative estimate of drug-likeness (QED) is 0.553. The summed E-state index contributed by atoms with van der Waals surface area (Å²) >= 11 is 0. The second-order valence-corrected chi connectivity index (χ2v) is 8.57. The molecule has 0 saturated carbocycles. The molecule has 1 atom stereocenters. The van der Waals surface area contributed by atoms with E-state index in [1.54, 1.807) is 18.2 Å². The Balaban J connectivity index is 1.64. The molecule has 8 nitrogen and oxygen atoms in total. The molecule has 0 spiro atoms. The standard InChI is InChI=1S/C25H32N4O4/c1-17(2)22(28-25(32)33-16-18-9-5-3-6-10-18)23(30)27-21-15-19(11-12-20(21)26)24(31)29-13-7-4-8-14-29/h3,5-6,9-12,15,17,22H,4,7-8,13-14,16,26H2,1-2H3,(H,27,30)(H,28,32)/t22-/m0/s1. The van der Waals surface area contributed by atoms with Gasteiger partial charge in [0, 0.05) is 18.7 Å². The third-order valence-electron chi connectivity index (χ3n) is 5.64. The number of piperidine rings is 1. The van der Waals surface area contributed by atoms with Crippen LogP contribution in [0.5, 0.6) is 0 Å². The zero-order chi connectivity index (χ0) is 23.8. The number of nitrogens with zero attached hydrogens (tertiary/aromatic N) is 1. The summed E-state index contributed by atoms with van der Waals surface area (Å²) in [6, 6.07) is 13.3. The Morgan fingerprint density at radius 3 is 2.39 bits per heavy atom. The lowest BCUT2D eigenvalue weighted by Gasteiger charge is -2.27. The molecule has 0 unspecified atom stereocenters. The molecule has 1 aliphatic heterocycles. The minimum absolute atomic E-state index is 0.0757. The topological polar surface area (TPSA) is 114 Å². The van der Waals surface area contributed by atoms with E-state index in [1.807, 2.05) is 49.1 Å². The number of carbonyl (C=O) groups excluding carboxylic acids is 3. The number of hydrogen-bond acceptors (Lipinski definition) is 5. The van der Waals surface area contributed by atoms with E-state index in [2.05, 4.69) is 10.6 Å². The van der Waals surface area contributed by atoms with Crippen LogP contribution in [0.3, 0.4) is 0 Å². The molecular weight excluding hydrogens is 420 g/mol. The van der Waals surface area contributed by atoms with Gasteiger partial charge in [-0.15, -0.1) is 0 Å². The summed E-state index contributed by atoms with van der Waals surface area (Å²) in [6.45, 7) is 5.21. The van der Waals surface area contributed by atoms with Gasteiger partial charge >= 0.3 is 6.09 Å². The molecule has 8 heteroatoms. The second kappa shape index (κ2) is 11.4. The van der Waals surface area contributed by atoms with Crippen molar-refractivity contribution in [1.29, 1.82) is 0 Å². The lowest BCUT2D eigenvalue weighted by Crippen LogP contribution is -2.47. The SMILES string of the molecule is CC(C)[C@H](NC(=O)OCc1ccccc1)C(=O)Nc1cc(C(=O)N2CCCCC2)ccc1N. The van der Waals surface area contributed by atoms with Gasteiger partial charge in [-0.3, -0.25) is 9.59 Å². The Kier molecular flexibility index (Phi) is 8.29. The fraction of sp³-hybridized carbons (Fsp3) is 0.400. The van der Waals surface area contributed by atoms with Crippen LogP contribution < -0.4 is 16.4 Å². The van der Waals surface area contributed by atoms with Crippen LogP contribution in [-0.4, -0.2) is 41.9 Å². The molecular formula is C25H32N4O4. The van der Waals surface area contributed by atoms with Crippen LogP contribution in [-0.2, 0) is 16.1 Å². The second-order valence-electron chi connectivity index (χ2n) is 8.57. The van der Waals surface area contributed by atoms with Crippen molar-refractivity contribution in [2.24, 2.45) is 5.92 Å². The molecule has 33 heavy (non-hydrogen) atoms. The van der Waals surface area contributed by atoms with Crippen LogP contribution in [0.2, 0.25) is 0 Å². The molecule has 1 aliphatic rings. The maximum absolute atomic E-state index is 13.0. The van der Waals surface area contributed by atoms with Crippen molar-refractivity contribution in [2.45, 2.75) is 45.8 Å². The van der Waals surface area contributed by atoms with Gasteiger partial charge in [0.15, 0.2) is 0 Å². The Bertz CT molecular complexity index is 972. The number of rotatable bonds is 7. The van der Waals surface area contributed by atoms with Crippen molar-refractivity contribution in [1.82, 2.24) is 10.2 Å². The summed E-state index contributed by atoms with van der Waals surface area (Å²) in [5.41, 5.74) is 8.05. The lowest BCUT2D eigenvalue weighted by atomic mass is 10.0. The number of alkyl carbamates (subject to hydrolysis) is 1. The zero-order valence-corrected chi connectivity index (χ0v) is 19.2. The first-order chi connectivity index (χ1) is 15.8. The van der Waals surface area contributed by atoms with Crippen molar-refractivity contribution >= 4 is 29.3 Å². The van der Waals surface area contributed by atoms with E-state index >= 15 is 0 Å². The highest BCUT2D eigenvalue weighted by Crippen LogP contribution is 2.23. The molecule has 0 radical (unpaired) electrons. The number of carbonyl (C=O) groups is 3. The van der Waals surface area contributed by atoms with Gasteiger partial charge in [0.1, 0.15) is 12.6 Å². The third kappa shape index (κ3) is 6.71. The van der Waals surface area contributed by atoms with E-state index in [0.717, 1.165) is 37.9 Å². The van der Waals surface area contributed by atoms with Crippen molar-refractivity contribution in [3.05, 3.63) is 59.7 Å². The van der Waals surface area contributed by atoms with Gasteiger partial charge in [0.25, 0.3) is 5.91 Å². The summed E-state index contributed by atoms with van der Waals surface area (Å²) in [7, 11) is 0. The largest absolute Gasteiger partial charge is 0.445 e. The molecule has 0 bridgehead atoms.